The maximum absolute atomic E-state index is 11.8. The van der Waals surface area contributed by atoms with Crippen molar-refractivity contribution >= 4 is 34.1 Å². The lowest BCUT2D eigenvalue weighted by Crippen LogP contribution is -2.11. The van der Waals surface area contributed by atoms with Crippen LogP contribution >= 0.6 is 11.3 Å². The molecule has 0 saturated heterocycles. The van der Waals surface area contributed by atoms with E-state index >= 15 is 0 Å². The lowest BCUT2D eigenvalue weighted by Gasteiger charge is -2.12. The molecule has 1 aliphatic heterocycles. The highest BCUT2D eigenvalue weighted by molar-refractivity contribution is 7.09. The number of carbonyl (C=O) groups is 1. The van der Waals surface area contributed by atoms with E-state index in [9.17, 15) is 4.79 Å². The van der Waals surface area contributed by atoms with Crippen molar-refractivity contribution in [1.82, 2.24) is 19.5 Å². The van der Waals surface area contributed by atoms with Crippen LogP contribution in [-0.4, -0.2) is 39.1 Å². The number of nitrogens with zero attached hydrogens (tertiary/aromatic N) is 4. The Balaban J connectivity index is 1.65. The zero-order valence-electron chi connectivity index (χ0n) is 16.1. The van der Waals surface area contributed by atoms with Crippen molar-refractivity contribution in [2.45, 2.75) is 13.0 Å². The number of hydrogen-bond donors (Lipinski definition) is 2. The maximum atomic E-state index is 11.8. The number of methoxy groups -OCH3 is 1. The van der Waals surface area contributed by atoms with Gasteiger partial charge in [-0.15, -0.1) is 11.3 Å². The van der Waals surface area contributed by atoms with Crippen molar-refractivity contribution in [2.24, 2.45) is 5.73 Å². The molecule has 0 saturated carbocycles. The molecule has 4 heterocycles. The second-order valence-electron chi connectivity index (χ2n) is 6.66. The number of benzene rings is 1. The molecule has 3 N–H and O–H groups in total. The third-order valence-electron chi connectivity index (χ3n) is 4.86. The molecule has 1 aliphatic rings. The normalized spacial score (nSPS) is 12.6. The third kappa shape index (κ3) is 3.01. The average Bonchev–Trinajstić information content (AvgIpc) is 3.50. The van der Waals surface area contributed by atoms with E-state index in [1.54, 1.807) is 28.0 Å². The van der Waals surface area contributed by atoms with Crippen LogP contribution in [0.15, 0.2) is 35.7 Å². The first-order valence-electron chi connectivity index (χ1n) is 9.31. The van der Waals surface area contributed by atoms with Gasteiger partial charge in [-0.05, 0) is 23.6 Å². The number of thiophene rings is 1. The van der Waals surface area contributed by atoms with Gasteiger partial charge in [0, 0.05) is 11.3 Å². The van der Waals surface area contributed by atoms with Crippen LogP contribution in [0, 0.1) is 0 Å². The molecule has 0 fully saturated rings. The molecule has 0 atom stereocenters. The van der Waals surface area contributed by atoms with Crippen molar-refractivity contribution in [3.05, 3.63) is 51.7 Å². The van der Waals surface area contributed by atoms with Crippen LogP contribution in [0.4, 0.5) is 5.82 Å². The van der Waals surface area contributed by atoms with E-state index < -0.39 is 5.91 Å². The van der Waals surface area contributed by atoms with Gasteiger partial charge in [-0.2, -0.15) is 15.0 Å². The predicted molar refractivity (Wildman–Crippen MR) is 113 cm³/mol. The molecular formula is C20H18N6O3S. The Morgan fingerprint density at radius 2 is 2.20 bits per heavy atom. The van der Waals surface area contributed by atoms with E-state index in [2.05, 4.69) is 21.4 Å². The molecule has 3 aromatic heterocycles. The maximum Gasteiger partial charge on any atom is 0.304 e. The lowest BCUT2D eigenvalue weighted by molar-refractivity contribution is 0.100. The number of hydrogen-bond acceptors (Lipinski definition) is 8. The summed E-state index contributed by atoms with van der Waals surface area (Å²) in [4.78, 5) is 26.8. The lowest BCUT2D eigenvalue weighted by atomic mass is 10.2. The van der Waals surface area contributed by atoms with Crippen LogP contribution in [0.5, 0.6) is 11.9 Å². The fraction of sp³-hybridized carbons (Fsp3) is 0.200. The second kappa shape index (κ2) is 7.30. The summed E-state index contributed by atoms with van der Waals surface area (Å²) in [5.74, 6) is 1.01. The van der Waals surface area contributed by atoms with Gasteiger partial charge in [0.15, 0.2) is 0 Å². The standard InChI is InChI=1S/C20H18N6O3S/c1-28-20-23-15-12(16(21)27)5-2-6-14(15)26(20)19-24-17(13-7-8-29-18(13)25-19)22-10-11-4-3-9-30-11/h2-6,9H,7-8,10H2,1H3,(H2,21,27)(H,22,24,25). The number of aromatic nitrogens is 4. The summed E-state index contributed by atoms with van der Waals surface area (Å²) in [6.45, 7) is 1.20. The van der Waals surface area contributed by atoms with Gasteiger partial charge in [0.2, 0.25) is 11.8 Å². The van der Waals surface area contributed by atoms with Crippen molar-refractivity contribution < 1.29 is 14.3 Å². The van der Waals surface area contributed by atoms with Crippen LogP contribution in [0.2, 0.25) is 0 Å². The van der Waals surface area contributed by atoms with Gasteiger partial charge in [0.1, 0.15) is 11.3 Å². The Morgan fingerprint density at radius 1 is 1.30 bits per heavy atom. The minimum atomic E-state index is -0.565. The summed E-state index contributed by atoms with van der Waals surface area (Å²) in [6, 6.07) is 9.50. The molecule has 0 unspecified atom stereocenters. The average molecular weight is 422 g/mol. The highest BCUT2D eigenvalue weighted by Gasteiger charge is 2.25. The first-order valence-corrected chi connectivity index (χ1v) is 10.2. The topological polar surface area (TPSA) is 117 Å². The van der Waals surface area contributed by atoms with E-state index in [0.717, 1.165) is 12.0 Å². The van der Waals surface area contributed by atoms with Crippen LogP contribution < -0.4 is 20.5 Å². The number of primary amides is 1. The second-order valence-corrected chi connectivity index (χ2v) is 7.69. The van der Waals surface area contributed by atoms with Crippen molar-refractivity contribution in [3.8, 4) is 17.8 Å². The van der Waals surface area contributed by atoms with E-state index in [1.165, 1.54) is 12.0 Å². The quantitative estimate of drug-likeness (QED) is 0.490. The van der Waals surface area contributed by atoms with E-state index in [0.29, 0.717) is 47.4 Å². The van der Waals surface area contributed by atoms with Gasteiger partial charge in [0.05, 0.1) is 36.9 Å². The Bertz CT molecular complexity index is 1250. The number of nitrogens with one attached hydrogen (secondary N) is 1. The molecule has 10 heteroatoms. The number of nitrogens with two attached hydrogens (primary N) is 1. The highest BCUT2D eigenvalue weighted by Crippen LogP contribution is 2.33. The number of para-hydroxylation sites is 1. The molecule has 0 spiro atoms. The summed E-state index contributed by atoms with van der Waals surface area (Å²) < 4.78 is 12.8. The number of fused-ring (bicyclic) bond motifs is 2. The Kier molecular flexibility index (Phi) is 4.47. The molecule has 0 aliphatic carbocycles. The summed E-state index contributed by atoms with van der Waals surface area (Å²) >= 11 is 1.67. The van der Waals surface area contributed by atoms with Gasteiger partial charge in [0.25, 0.3) is 5.91 Å². The molecule has 1 amide bonds. The Hall–Kier alpha value is -3.66. The van der Waals surface area contributed by atoms with Crippen molar-refractivity contribution in [2.75, 3.05) is 19.0 Å². The number of rotatable bonds is 6. The molecular weight excluding hydrogens is 404 g/mol. The summed E-state index contributed by atoms with van der Waals surface area (Å²) in [5.41, 5.74) is 7.81. The van der Waals surface area contributed by atoms with Gasteiger partial charge >= 0.3 is 6.01 Å². The molecule has 5 rings (SSSR count). The molecule has 152 valence electrons. The zero-order chi connectivity index (χ0) is 20.7. The van der Waals surface area contributed by atoms with Crippen molar-refractivity contribution in [3.63, 3.8) is 0 Å². The van der Waals surface area contributed by atoms with E-state index in [4.69, 9.17) is 20.2 Å². The fourth-order valence-corrected chi connectivity index (χ4v) is 4.13. The number of anilines is 1. The highest BCUT2D eigenvalue weighted by atomic mass is 32.1. The monoisotopic (exact) mass is 422 g/mol. The first-order chi connectivity index (χ1) is 14.7. The molecule has 9 nitrogen and oxygen atoms in total. The summed E-state index contributed by atoms with van der Waals surface area (Å²) in [6.07, 6.45) is 0.732. The third-order valence-corrected chi connectivity index (χ3v) is 5.74. The van der Waals surface area contributed by atoms with Gasteiger partial charge in [-0.1, -0.05) is 12.1 Å². The number of imidazole rings is 1. The Labute approximate surface area is 175 Å². The van der Waals surface area contributed by atoms with Crippen molar-refractivity contribution in [1.29, 1.82) is 0 Å². The molecule has 30 heavy (non-hydrogen) atoms. The minimum Gasteiger partial charge on any atom is -0.477 e. The molecule has 4 aromatic rings. The molecule has 1 aromatic carbocycles. The summed E-state index contributed by atoms with van der Waals surface area (Å²) in [7, 11) is 1.50. The number of ether oxygens (including phenoxy) is 2. The summed E-state index contributed by atoms with van der Waals surface area (Å²) in [5, 5.41) is 5.43. The van der Waals surface area contributed by atoms with E-state index in [1.807, 2.05) is 17.5 Å². The van der Waals surface area contributed by atoms with Crippen LogP contribution in [0.1, 0.15) is 20.8 Å². The van der Waals surface area contributed by atoms with Gasteiger partial charge in [-0.3, -0.25) is 4.79 Å². The SMILES string of the molecule is COc1nc2c(C(N)=O)cccc2n1-c1nc(NCc2cccs2)c2c(n1)OCC2. The van der Waals surface area contributed by atoms with E-state index in [-0.39, 0.29) is 6.01 Å². The number of carbonyl (C=O) groups excluding carboxylic acids is 1. The largest absolute Gasteiger partial charge is 0.477 e. The smallest absolute Gasteiger partial charge is 0.304 e. The molecule has 0 bridgehead atoms. The zero-order valence-corrected chi connectivity index (χ0v) is 16.9. The first kappa shape index (κ1) is 18.4. The predicted octanol–water partition coefficient (Wildman–Crippen LogP) is 2.53. The number of amides is 1. The fourth-order valence-electron chi connectivity index (χ4n) is 3.48. The van der Waals surface area contributed by atoms with Crippen LogP contribution in [0.3, 0.4) is 0 Å². The van der Waals surface area contributed by atoms with Gasteiger partial charge in [-0.25, -0.2) is 4.57 Å². The molecule has 0 radical (unpaired) electrons. The van der Waals surface area contributed by atoms with Crippen LogP contribution in [-0.2, 0) is 13.0 Å². The Morgan fingerprint density at radius 3 is 2.97 bits per heavy atom. The van der Waals surface area contributed by atoms with Crippen LogP contribution in [0.25, 0.3) is 17.0 Å². The van der Waals surface area contributed by atoms with Gasteiger partial charge < -0.3 is 20.5 Å². The minimum absolute atomic E-state index is 0.251.